The molecule has 0 aliphatic carbocycles. The third-order valence-corrected chi connectivity index (χ3v) is 9.99. The summed E-state index contributed by atoms with van der Waals surface area (Å²) in [5, 5.41) is 6.13. The van der Waals surface area contributed by atoms with Crippen molar-refractivity contribution in [2.24, 2.45) is 0 Å². The predicted molar refractivity (Wildman–Crippen MR) is 200 cm³/mol. The van der Waals surface area contributed by atoms with E-state index in [2.05, 4.69) is 25.1 Å². The first-order valence-corrected chi connectivity index (χ1v) is 19.9. The Morgan fingerprint density at radius 2 is 1.35 bits per heavy atom. The Kier molecular flexibility index (Phi) is 16.5. The topological polar surface area (TPSA) is 182 Å². The van der Waals surface area contributed by atoms with Crippen LogP contribution in [0.2, 0.25) is 0 Å². The molecule has 0 radical (unpaired) electrons. The lowest BCUT2D eigenvalue weighted by atomic mass is 10.1. The fraction of sp³-hybridized carbons (Fsp3) is 0.486. The maximum atomic E-state index is 15.0. The molecule has 0 unspecified atom stereocenters. The van der Waals surface area contributed by atoms with E-state index in [9.17, 15) is 9.59 Å². The van der Waals surface area contributed by atoms with Gasteiger partial charge in [-0.05, 0) is 43.2 Å². The summed E-state index contributed by atoms with van der Waals surface area (Å²) in [7, 11) is -3.89. The van der Waals surface area contributed by atoms with Gasteiger partial charge in [-0.25, -0.2) is 15.2 Å². The Hall–Kier alpha value is -4.36. The van der Waals surface area contributed by atoms with E-state index in [1.165, 1.54) is 0 Å². The number of unbranched alkanes of at least 4 members (excludes halogenated alkanes) is 2. The second-order valence-corrected chi connectivity index (χ2v) is 14.7. The molecule has 2 atom stereocenters. The van der Waals surface area contributed by atoms with Gasteiger partial charge in [0, 0.05) is 6.54 Å². The normalized spacial score (nSPS) is 12.8. The molecule has 0 spiro atoms. The van der Waals surface area contributed by atoms with Crippen molar-refractivity contribution in [3.05, 3.63) is 78.1 Å². The van der Waals surface area contributed by atoms with Crippen LogP contribution in [0.1, 0.15) is 64.0 Å². The minimum atomic E-state index is -3.89. The molecule has 282 valence electrons. The first kappa shape index (κ1) is 40.4. The predicted octanol–water partition coefficient (Wildman–Crippen LogP) is 5.45. The molecule has 2 heterocycles. The average Bonchev–Trinajstić information content (AvgIpc) is 3.55. The van der Waals surface area contributed by atoms with Gasteiger partial charge in [0.25, 0.3) is 0 Å². The van der Waals surface area contributed by atoms with Gasteiger partial charge in [0.15, 0.2) is 11.2 Å². The van der Waals surface area contributed by atoms with E-state index in [1.54, 1.807) is 10.9 Å². The third kappa shape index (κ3) is 12.7. The number of carbonyl (C=O) groups excluding carboxylic acids is 2. The molecule has 0 saturated heterocycles. The van der Waals surface area contributed by atoms with Crippen LogP contribution in [-0.4, -0.2) is 76.3 Å². The summed E-state index contributed by atoms with van der Waals surface area (Å²) in [6.45, 7) is 7.27. The maximum absolute atomic E-state index is 15.0. The SMILES string of the molecule is CCCCOC(=O)[C@H](Cc1ccccc1)NP(=O)(COCCn1cnc2c(OCCC)nc(N)nc21)N[C@@H](Cc1ccccc1)C(=O)OCCCC. The lowest BCUT2D eigenvalue weighted by Crippen LogP contribution is -2.46. The van der Waals surface area contributed by atoms with Crippen molar-refractivity contribution in [2.45, 2.75) is 84.3 Å². The van der Waals surface area contributed by atoms with Crippen LogP contribution in [0.25, 0.3) is 11.2 Å². The second kappa shape index (κ2) is 21.2. The van der Waals surface area contributed by atoms with Crippen LogP contribution < -0.4 is 20.6 Å². The van der Waals surface area contributed by atoms with E-state index >= 15 is 4.57 Å². The number of aromatic nitrogens is 4. The summed E-state index contributed by atoms with van der Waals surface area (Å²) < 4.78 is 39.8. The number of benzene rings is 2. The van der Waals surface area contributed by atoms with Gasteiger partial charge in [0.05, 0.1) is 32.8 Å². The van der Waals surface area contributed by atoms with Gasteiger partial charge < -0.3 is 29.2 Å². The van der Waals surface area contributed by atoms with Crippen LogP contribution in [0.5, 0.6) is 5.88 Å². The Balaban J connectivity index is 1.59. The van der Waals surface area contributed by atoms with Gasteiger partial charge in [0.1, 0.15) is 18.4 Å². The van der Waals surface area contributed by atoms with Gasteiger partial charge in [-0.15, -0.1) is 0 Å². The highest BCUT2D eigenvalue weighted by atomic mass is 31.2. The van der Waals surface area contributed by atoms with Crippen LogP contribution in [0.3, 0.4) is 0 Å². The first-order chi connectivity index (χ1) is 25.2. The molecule has 52 heavy (non-hydrogen) atoms. The van der Waals surface area contributed by atoms with Crippen LogP contribution in [-0.2, 0) is 47.8 Å². The summed E-state index contributed by atoms with van der Waals surface area (Å²) in [5.41, 5.74) is 8.58. The quantitative estimate of drug-likeness (QED) is 0.0469. The molecule has 2 aromatic heterocycles. The molecular weight excluding hydrogens is 685 g/mol. The van der Waals surface area contributed by atoms with Crippen molar-refractivity contribution in [1.82, 2.24) is 29.7 Å². The molecule has 0 bridgehead atoms. The minimum Gasteiger partial charge on any atom is -0.476 e. The zero-order valence-corrected chi connectivity index (χ0v) is 31.3. The number of hydrogen-bond donors (Lipinski definition) is 3. The molecular formula is C37H52N7O7P. The smallest absolute Gasteiger partial charge is 0.323 e. The number of fused-ring (bicyclic) bond motifs is 1. The molecule has 0 aliphatic heterocycles. The van der Waals surface area contributed by atoms with Crippen molar-refractivity contribution >= 4 is 36.5 Å². The Labute approximate surface area is 305 Å². The van der Waals surface area contributed by atoms with Crippen LogP contribution in [0.4, 0.5) is 5.95 Å². The van der Waals surface area contributed by atoms with Crippen molar-refractivity contribution in [3.8, 4) is 5.88 Å². The van der Waals surface area contributed by atoms with Crippen molar-refractivity contribution in [2.75, 3.05) is 38.5 Å². The highest BCUT2D eigenvalue weighted by Crippen LogP contribution is 2.39. The number of carbonyl (C=O) groups is 2. The van der Waals surface area contributed by atoms with E-state index in [0.29, 0.717) is 36.5 Å². The lowest BCUT2D eigenvalue weighted by molar-refractivity contribution is -0.146. The highest BCUT2D eigenvalue weighted by Gasteiger charge is 2.36. The largest absolute Gasteiger partial charge is 0.476 e. The number of rotatable bonds is 24. The molecule has 2 aromatic carbocycles. The molecule has 0 aliphatic rings. The van der Waals surface area contributed by atoms with E-state index < -0.39 is 31.5 Å². The summed E-state index contributed by atoms with van der Waals surface area (Å²) in [6, 6.07) is 16.8. The van der Waals surface area contributed by atoms with E-state index in [0.717, 1.165) is 30.4 Å². The van der Waals surface area contributed by atoms with E-state index in [4.69, 9.17) is 24.7 Å². The monoisotopic (exact) mass is 737 g/mol. The molecule has 15 heteroatoms. The third-order valence-electron chi connectivity index (χ3n) is 7.99. The number of nitrogens with one attached hydrogen (secondary N) is 2. The van der Waals surface area contributed by atoms with Gasteiger partial charge >= 0.3 is 11.9 Å². The van der Waals surface area contributed by atoms with E-state index in [1.807, 2.05) is 81.4 Å². The number of anilines is 1. The van der Waals surface area contributed by atoms with Crippen LogP contribution in [0.15, 0.2) is 67.0 Å². The Morgan fingerprint density at radius 1 is 0.788 bits per heavy atom. The number of esters is 2. The van der Waals surface area contributed by atoms with Crippen LogP contribution in [0, 0.1) is 0 Å². The van der Waals surface area contributed by atoms with E-state index in [-0.39, 0.29) is 51.5 Å². The number of nitrogens with two attached hydrogens (primary N) is 1. The number of nitrogens with zero attached hydrogens (tertiary/aromatic N) is 4. The summed E-state index contributed by atoms with van der Waals surface area (Å²) >= 11 is 0. The molecule has 4 N–H and O–H groups in total. The standard InChI is InChI=1S/C37H52N7O7P/c1-4-7-21-50-35(45)30(24-28-15-11-9-12-16-28)42-52(47,43-31(36(46)51-22-8-5-2)25-29-17-13-10-14-18-29)27-48-23-19-44-26-39-32-33(44)40-37(38)41-34(32)49-20-6-3/h9-18,26,30-31H,4-8,19-25,27H2,1-3H3,(H2,38,40,41)(H2,42,43,47)/t30-,31-/m0/s1. The van der Waals surface area contributed by atoms with Crippen molar-refractivity contribution in [1.29, 1.82) is 0 Å². The lowest BCUT2D eigenvalue weighted by Gasteiger charge is -2.29. The number of nitrogen functional groups attached to an aromatic ring is 1. The number of imidazole rings is 1. The summed E-state index contributed by atoms with van der Waals surface area (Å²) in [6.07, 6.45) is 5.49. The molecule has 4 rings (SSSR count). The van der Waals surface area contributed by atoms with Gasteiger partial charge in [0.2, 0.25) is 19.3 Å². The first-order valence-electron chi connectivity index (χ1n) is 18.0. The van der Waals surface area contributed by atoms with Crippen LogP contribution >= 0.6 is 7.44 Å². The van der Waals surface area contributed by atoms with Gasteiger partial charge in [-0.1, -0.05) is 94.3 Å². The fourth-order valence-corrected chi connectivity index (χ4v) is 7.28. The molecule has 0 amide bonds. The zero-order chi connectivity index (χ0) is 37.2. The summed E-state index contributed by atoms with van der Waals surface area (Å²) in [4.78, 5) is 40.0. The highest BCUT2D eigenvalue weighted by molar-refractivity contribution is 7.59. The Morgan fingerprint density at radius 3 is 1.87 bits per heavy atom. The number of hydrogen-bond acceptors (Lipinski definition) is 11. The van der Waals surface area contributed by atoms with Crippen molar-refractivity contribution < 1.29 is 33.1 Å². The molecule has 0 saturated carbocycles. The maximum Gasteiger partial charge on any atom is 0.323 e. The molecule has 4 aromatic rings. The number of ether oxygens (including phenoxy) is 4. The van der Waals surface area contributed by atoms with Gasteiger partial charge in [-0.3, -0.25) is 14.2 Å². The zero-order valence-electron chi connectivity index (χ0n) is 30.4. The second-order valence-electron chi connectivity index (χ2n) is 12.4. The Bertz CT molecular complexity index is 1650. The molecule has 0 fully saturated rings. The fourth-order valence-electron chi connectivity index (χ4n) is 5.27. The summed E-state index contributed by atoms with van der Waals surface area (Å²) in [5.74, 6) is -0.752. The minimum absolute atomic E-state index is 0.0460. The average molecular weight is 738 g/mol. The molecule has 14 nitrogen and oxygen atoms in total. The van der Waals surface area contributed by atoms with Crippen molar-refractivity contribution in [3.63, 3.8) is 0 Å². The van der Waals surface area contributed by atoms with Gasteiger partial charge in [-0.2, -0.15) is 9.97 Å².